The lowest BCUT2D eigenvalue weighted by molar-refractivity contribution is -0.248. The molecular weight excluding hydrogens is 338 g/mol. The summed E-state index contributed by atoms with van der Waals surface area (Å²) in [6.45, 7) is 3.47. The Balaban J connectivity index is 3.27. The third-order valence-corrected chi connectivity index (χ3v) is 3.59. The summed E-state index contributed by atoms with van der Waals surface area (Å²) in [7, 11) is 0. The van der Waals surface area contributed by atoms with E-state index in [0.717, 1.165) is 13.8 Å². The first-order valence-corrected chi connectivity index (χ1v) is 7.62. The summed E-state index contributed by atoms with van der Waals surface area (Å²) in [4.78, 5) is 45.6. The molecule has 10 nitrogen and oxygen atoms in total. The Labute approximate surface area is 144 Å². The van der Waals surface area contributed by atoms with E-state index in [1.165, 1.54) is 13.8 Å². The number of rotatable bonds is 6. The van der Waals surface area contributed by atoms with Crippen LogP contribution in [-0.2, 0) is 38.1 Å². The Morgan fingerprint density at radius 1 is 1.12 bits per heavy atom. The number of aliphatic hydroxyl groups is 1. The molecule has 1 rings (SSSR count). The molecule has 0 aromatic carbocycles. The molecule has 25 heavy (non-hydrogen) atoms. The highest BCUT2D eigenvalue weighted by Crippen LogP contribution is 2.32. The monoisotopic (exact) mass is 361 g/mol. The molecule has 0 aromatic rings. The van der Waals surface area contributed by atoms with Crippen LogP contribution in [0.15, 0.2) is 0 Å². The average molecular weight is 361 g/mol. The van der Waals surface area contributed by atoms with Gasteiger partial charge in [-0.3, -0.25) is 19.2 Å². The predicted octanol–water partition coefficient (Wildman–Crippen LogP) is -1.32. The first kappa shape index (κ1) is 20.8. The maximum atomic E-state index is 11.6. The van der Waals surface area contributed by atoms with Crippen LogP contribution in [0.1, 0.15) is 27.7 Å². The Morgan fingerprint density at radius 3 is 2.20 bits per heavy atom. The molecular formula is C15H23NO9. The van der Waals surface area contributed by atoms with Crippen LogP contribution in [-0.4, -0.2) is 72.6 Å². The quantitative estimate of drug-likeness (QED) is 0.436. The molecule has 2 N–H and O–H groups in total. The third-order valence-electron chi connectivity index (χ3n) is 3.59. The SMILES string of the molecule is CC(=O)N[C@@H]1CO[C@H](COC(C)=O)[C@H](OC(C)=O)[C@@]1(CO)OC(C)=O. The Morgan fingerprint density at radius 2 is 1.76 bits per heavy atom. The van der Waals surface area contributed by atoms with Crippen molar-refractivity contribution < 1.29 is 43.2 Å². The molecule has 0 radical (unpaired) electrons. The van der Waals surface area contributed by atoms with Crippen molar-refractivity contribution >= 4 is 23.8 Å². The first-order chi connectivity index (χ1) is 11.6. The van der Waals surface area contributed by atoms with Crippen molar-refractivity contribution in [1.29, 1.82) is 0 Å². The second-order valence-electron chi connectivity index (χ2n) is 5.66. The van der Waals surface area contributed by atoms with Gasteiger partial charge >= 0.3 is 17.9 Å². The van der Waals surface area contributed by atoms with Gasteiger partial charge in [-0.2, -0.15) is 0 Å². The molecule has 0 aliphatic carbocycles. The second-order valence-corrected chi connectivity index (χ2v) is 5.66. The van der Waals surface area contributed by atoms with Crippen molar-refractivity contribution in [1.82, 2.24) is 5.32 Å². The van der Waals surface area contributed by atoms with E-state index in [2.05, 4.69) is 5.32 Å². The lowest BCUT2D eigenvalue weighted by atomic mass is 9.83. The minimum Gasteiger partial charge on any atom is -0.463 e. The van der Waals surface area contributed by atoms with Gasteiger partial charge < -0.3 is 29.4 Å². The smallest absolute Gasteiger partial charge is 0.303 e. The van der Waals surface area contributed by atoms with Crippen LogP contribution in [0.25, 0.3) is 0 Å². The normalized spacial score (nSPS) is 28.6. The van der Waals surface area contributed by atoms with E-state index in [4.69, 9.17) is 18.9 Å². The second kappa shape index (κ2) is 8.77. The van der Waals surface area contributed by atoms with E-state index in [1.54, 1.807) is 0 Å². The number of esters is 3. The summed E-state index contributed by atoms with van der Waals surface area (Å²) >= 11 is 0. The summed E-state index contributed by atoms with van der Waals surface area (Å²) in [5.41, 5.74) is -1.79. The van der Waals surface area contributed by atoms with Crippen LogP contribution in [0.5, 0.6) is 0 Å². The van der Waals surface area contributed by atoms with Crippen LogP contribution >= 0.6 is 0 Å². The zero-order chi connectivity index (χ0) is 19.2. The zero-order valence-corrected chi connectivity index (χ0v) is 14.6. The summed E-state index contributed by atoms with van der Waals surface area (Å²) in [6, 6.07) is -0.975. The van der Waals surface area contributed by atoms with E-state index in [1.807, 2.05) is 0 Å². The highest BCUT2D eigenvalue weighted by atomic mass is 16.6. The lowest BCUT2D eigenvalue weighted by Gasteiger charge is -2.49. The van der Waals surface area contributed by atoms with E-state index in [9.17, 15) is 24.3 Å². The predicted molar refractivity (Wildman–Crippen MR) is 81.1 cm³/mol. The summed E-state index contributed by atoms with van der Waals surface area (Å²) in [5.74, 6) is -2.53. The highest BCUT2D eigenvalue weighted by Gasteiger charge is 2.58. The van der Waals surface area contributed by atoms with E-state index in [0.29, 0.717) is 0 Å². The lowest BCUT2D eigenvalue weighted by Crippen LogP contribution is -2.72. The maximum absolute atomic E-state index is 11.6. The number of ether oxygens (including phenoxy) is 4. The first-order valence-electron chi connectivity index (χ1n) is 7.62. The number of amides is 1. The minimum atomic E-state index is -1.79. The Bertz CT molecular complexity index is 535. The topological polar surface area (TPSA) is 137 Å². The number of carbonyl (C=O) groups is 4. The summed E-state index contributed by atoms with van der Waals surface area (Å²) in [5, 5.41) is 12.5. The van der Waals surface area contributed by atoms with Gasteiger partial charge in [0.15, 0.2) is 11.7 Å². The molecule has 0 unspecified atom stereocenters. The molecule has 1 saturated heterocycles. The van der Waals surface area contributed by atoms with Gasteiger partial charge in [0.2, 0.25) is 5.91 Å². The Kier molecular flexibility index (Phi) is 7.31. The van der Waals surface area contributed by atoms with E-state index < -0.39 is 54.3 Å². The Hall–Kier alpha value is -2.20. The fourth-order valence-corrected chi connectivity index (χ4v) is 2.69. The highest BCUT2D eigenvalue weighted by molar-refractivity contribution is 5.74. The fraction of sp³-hybridized carbons (Fsp3) is 0.733. The number of nitrogens with one attached hydrogen (secondary N) is 1. The number of hydrogen-bond acceptors (Lipinski definition) is 9. The van der Waals surface area contributed by atoms with Gasteiger partial charge in [-0.25, -0.2) is 0 Å². The average Bonchev–Trinajstić information content (AvgIpc) is 2.48. The van der Waals surface area contributed by atoms with Crippen LogP contribution in [0.2, 0.25) is 0 Å². The molecule has 0 aromatic heterocycles. The molecule has 1 amide bonds. The zero-order valence-electron chi connectivity index (χ0n) is 14.6. The molecule has 1 aliphatic heterocycles. The molecule has 0 spiro atoms. The fourth-order valence-electron chi connectivity index (χ4n) is 2.69. The maximum Gasteiger partial charge on any atom is 0.303 e. The van der Waals surface area contributed by atoms with Gasteiger partial charge in [-0.1, -0.05) is 0 Å². The van der Waals surface area contributed by atoms with Crippen LogP contribution in [0.4, 0.5) is 0 Å². The van der Waals surface area contributed by atoms with Gasteiger partial charge in [0.05, 0.1) is 19.3 Å². The standard InChI is InChI=1S/C15H23NO9/c1-8(18)16-13-6-23-12(5-22-9(2)19)14(24-10(3)20)15(13,7-17)25-11(4)21/h12-14,17H,5-7H2,1-4H3,(H,16,18)/t12-,13-,14+,15+/m1/s1. The summed E-state index contributed by atoms with van der Waals surface area (Å²) in [6.07, 6.45) is -2.30. The van der Waals surface area contributed by atoms with Crippen molar-refractivity contribution in [3.63, 3.8) is 0 Å². The molecule has 142 valence electrons. The molecule has 0 saturated carbocycles. The van der Waals surface area contributed by atoms with Crippen molar-refractivity contribution in [3.8, 4) is 0 Å². The molecule has 1 fully saturated rings. The number of aliphatic hydroxyl groups excluding tert-OH is 1. The van der Waals surface area contributed by atoms with Crippen molar-refractivity contribution in [2.45, 2.75) is 51.5 Å². The van der Waals surface area contributed by atoms with Gasteiger partial charge in [-0.15, -0.1) is 0 Å². The molecule has 0 bridgehead atoms. The van der Waals surface area contributed by atoms with Crippen molar-refractivity contribution in [3.05, 3.63) is 0 Å². The molecule has 10 heteroatoms. The van der Waals surface area contributed by atoms with E-state index in [-0.39, 0.29) is 13.2 Å². The number of carbonyl (C=O) groups excluding carboxylic acids is 4. The third kappa shape index (κ3) is 5.40. The van der Waals surface area contributed by atoms with Crippen molar-refractivity contribution in [2.24, 2.45) is 0 Å². The largest absolute Gasteiger partial charge is 0.463 e. The van der Waals surface area contributed by atoms with Gasteiger partial charge in [0, 0.05) is 27.7 Å². The van der Waals surface area contributed by atoms with E-state index >= 15 is 0 Å². The molecule has 1 heterocycles. The van der Waals surface area contributed by atoms with Gasteiger partial charge in [0.25, 0.3) is 0 Å². The molecule has 1 aliphatic rings. The van der Waals surface area contributed by atoms with Crippen LogP contribution < -0.4 is 5.32 Å². The van der Waals surface area contributed by atoms with Crippen molar-refractivity contribution in [2.75, 3.05) is 19.8 Å². The minimum absolute atomic E-state index is 0.156. The van der Waals surface area contributed by atoms with Gasteiger partial charge in [-0.05, 0) is 0 Å². The van der Waals surface area contributed by atoms with Gasteiger partial charge in [0.1, 0.15) is 12.7 Å². The number of hydrogen-bond donors (Lipinski definition) is 2. The van der Waals surface area contributed by atoms with Crippen LogP contribution in [0.3, 0.4) is 0 Å². The summed E-state index contributed by atoms with van der Waals surface area (Å²) < 4.78 is 20.9. The van der Waals surface area contributed by atoms with Crippen LogP contribution in [0, 0.1) is 0 Å². The molecule has 4 atom stereocenters.